The predicted octanol–water partition coefficient (Wildman–Crippen LogP) is 5.90. The van der Waals surface area contributed by atoms with Gasteiger partial charge in [-0.15, -0.1) is 0 Å². The summed E-state index contributed by atoms with van der Waals surface area (Å²) in [4.78, 5) is 21.1. The summed E-state index contributed by atoms with van der Waals surface area (Å²) in [7, 11) is 0. The lowest BCUT2D eigenvalue weighted by molar-refractivity contribution is -0.122. The van der Waals surface area contributed by atoms with Crippen LogP contribution in [0.3, 0.4) is 0 Å². The Labute approximate surface area is 217 Å². The van der Waals surface area contributed by atoms with Gasteiger partial charge in [-0.2, -0.15) is 5.10 Å². The van der Waals surface area contributed by atoms with Crippen LogP contribution in [0, 0.1) is 5.92 Å². The van der Waals surface area contributed by atoms with Gasteiger partial charge < -0.3 is 15.8 Å². The minimum atomic E-state index is 0.157. The number of amides is 1. The molecule has 0 unspecified atom stereocenters. The number of fused-ring (bicyclic) bond motifs is 1. The Balaban J connectivity index is 1.33. The van der Waals surface area contributed by atoms with Gasteiger partial charge in [0.15, 0.2) is 5.65 Å². The number of aromatic nitrogens is 4. The molecule has 8 nitrogen and oxygen atoms in total. The van der Waals surface area contributed by atoms with Gasteiger partial charge in [0.25, 0.3) is 0 Å². The molecule has 1 fully saturated rings. The monoisotopic (exact) mass is 498 g/mol. The Hall–Kier alpha value is -3.94. The van der Waals surface area contributed by atoms with Crippen LogP contribution >= 0.6 is 0 Å². The number of hydrogen-bond acceptors (Lipinski definition) is 6. The first-order valence-electron chi connectivity index (χ1n) is 13.1. The van der Waals surface area contributed by atoms with Crippen molar-refractivity contribution in [3.8, 4) is 22.8 Å². The highest BCUT2D eigenvalue weighted by atomic mass is 16.5. The summed E-state index contributed by atoms with van der Waals surface area (Å²) in [6, 6.07) is 17.9. The molecule has 2 aromatic heterocycles. The molecule has 192 valence electrons. The molecule has 0 aliphatic heterocycles. The van der Waals surface area contributed by atoms with Crippen LogP contribution in [0.5, 0.6) is 11.5 Å². The normalized spacial score (nSPS) is 17.7. The molecule has 0 bridgehead atoms. The predicted molar refractivity (Wildman–Crippen MR) is 145 cm³/mol. The molecule has 1 saturated carbocycles. The quantitative estimate of drug-likeness (QED) is 0.313. The van der Waals surface area contributed by atoms with Crippen molar-refractivity contribution in [2.24, 2.45) is 5.92 Å². The summed E-state index contributed by atoms with van der Waals surface area (Å²) in [6.45, 7) is 4.29. The summed E-state index contributed by atoms with van der Waals surface area (Å²) in [5.74, 6) is 2.64. The van der Waals surface area contributed by atoms with Crippen LogP contribution in [0.25, 0.3) is 22.3 Å². The van der Waals surface area contributed by atoms with Crippen molar-refractivity contribution in [2.45, 2.75) is 64.5 Å². The number of nitrogens with two attached hydrogens (primary N) is 1. The Morgan fingerprint density at radius 2 is 1.73 bits per heavy atom. The third-order valence-corrected chi connectivity index (χ3v) is 6.98. The van der Waals surface area contributed by atoms with Crippen LogP contribution in [0.4, 0.5) is 5.82 Å². The molecular formula is C29H34N6O2. The van der Waals surface area contributed by atoms with Gasteiger partial charge in [0, 0.05) is 18.0 Å². The van der Waals surface area contributed by atoms with E-state index in [1.54, 1.807) is 0 Å². The van der Waals surface area contributed by atoms with E-state index in [0.717, 1.165) is 65.9 Å². The number of carbonyl (C=O) groups excluding carboxylic acids is 1. The molecule has 4 aromatic rings. The van der Waals surface area contributed by atoms with Crippen LogP contribution < -0.4 is 15.8 Å². The number of para-hydroxylation sites is 1. The number of benzene rings is 2. The molecule has 2 aromatic carbocycles. The maximum absolute atomic E-state index is 12.3. The maximum Gasteiger partial charge on any atom is 0.220 e. The third-order valence-electron chi connectivity index (χ3n) is 6.98. The molecule has 5 rings (SSSR count). The number of hydrogen-bond donors (Lipinski definition) is 2. The zero-order chi connectivity index (χ0) is 25.8. The highest BCUT2D eigenvalue weighted by Crippen LogP contribution is 2.36. The van der Waals surface area contributed by atoms with Crippen molar-refractivity contribution in [1.29, 1.82) is 0 Å². The molecule has 1 amide bonds. The molecule has 8 heteroatoms. The van der Waals surface area contributed by atoms with Gasteiger partial charge in [-0.25, -0.2) is 14.6 Å². The van der Waals surface area contributed by atoms with Crippen molar-refractivity contribution in [3.05, 3.63) is 60.9 Å². The number of rotatable bonds is 8. The van der Waals surface area contributed by atoms with Gasteiger partial charge in [0.2, 0.25) is 5.91 Å². The van der Waals surface area contributed by atoms with Crippen molar-refractivity contribution in [3.63, 3.8) is 0 Å². The van der Waals surface area contributed by atoms with E-state index in [-0.39, 0.29) is 18.0 Å². The maximum atomic E-state index is 12.3. The van der Waals surface area contributed by atoms with E-state index >= 15 is 0 Å². The van der Waals surface area contributed by atoms with Crippen LogP contribution in [0.15, 0.2) is 60.9 Å². The average molecular weight is 499 g/mol. The van der Waals surface area contributed by atoms with Gasteiger partial charge in [-0.1, -0.05) is 32.0 Å². The van der Waals surface area contributed by atoms with Gasteiger partial charge in [-0.3, -0.25) is 4.79 Å². The Morgan fingerprint density at radius 3 is 2.43 bits per heavy atom. The first kappa shape index (κ1) is 24.7. The molecule has 3 N–H and O–H groups in total. The highest BCUT2D eigenvalue weighted by molar-refractivity contribution is 5.98. The lowest BCUT2D eigenvalue weighted by Gasteiger charge is -2.29. The molecule has 0 radical (unpaired) electrons. The smallest absolute Gasteiger partial charge is 0.220 e. The molecule has 0 spiro atoms. The first-order valence-corrected chi connectivity index (χ1v) is 13.1. The van der Waals surface area contributed by atoms with Crippen molar-refractivity contribution >= 4 is 22.8 Å². The average Bonchev–Trinajstić information content (AvgIpc) is 3.30. The minimum absolute atomic E-state index is 0.157. The Bertz CT molecular complexity index is 1340. The molecule has 0 saturated heterocycles. The minimum Gasteiger partial charge on any atom is -0.457 e. The second-order valence-electron chi connectivity index (χ2n) is 10.2. The largest absolute Gasteiger partial charge is 0.457 e. The second-order valence-corrected chi connectivity index (χ2v) is 10.2. The molecule has 1 aliphatic carbocycles. The zero-order valence-corrected chi connectivity index (χ0v) is 21.4. The number of nitrogens with zero attached hydrogens (tertiary/aromatic N) is 4. The van der Waals surface area contributed by atoms with E-state index < -0.39 is 0 Å². The molecular weight excluding hydrogens is 464 g/mol. The van der Waals surface area contributed by atoms with E-state index in [4.69, 9.17) is 15.6 Å². The molecule has 37 heavy (non-hydrogen) atoms. The van der Waals surface area contributed by atoms with Crippen LogP contribution in [-0.4, -0.2) is 31.7 Å². The van der Waals surface area contributed by atoms with Crippen LogP contribution in [0.2, 0.25) is 0 Å². The summed E-state index contributed by atoms with van der Waals surface area (Å²) in [5, 5.41) is 8.99. The number of ether oxygens (including phenoxy) is 1. The van der Waals surface area contributed by atoms with Gasteiger partial charge >= 0.3 is 0 Å². The fourth-order valence-corrected chi connectivity index (χ4v) is 4.94. The SMILES string of the molecule is CC(C)CCC(=O)N[C@H]1CC[C@H](n2nc(-c3ccc(Oc4ccccc4)cc3)c3c(N)ncnc32)CC1. The first-order chi connectivity index (χ1) is 18.0. The molecule has 0 atom stereocenters. The number of nitrogen functional groups attached to an aromatic ring is 1. The summed E-state index contributed by atoms with van der Waals surface area (Å²) in [5.41, 5.74) is 8.76. The molecule has 2 heterocycles. The summed E-state index contributed by atoms with van der Waals surface area (Å²) >= 11 is 0. The second kappa shape index (κ2) is 11.0. The van der Waals surface area contributed by atoms with E-state index in [1.165, 1.54) is 6.33 Å². The van der Waals surface area contributed by atoms with Crippen molar-refractivity contribution < 1.29 is 9.53 Å². The zero-order valence-electron chi connectivity index (χ0n) is 21.4. The number of anilines is 1. The van der Waals surface area contributed by atoms with Crippen molar-refractivity contribution in [1.82, 2.24) is 25.1 Å². The highest BCUT2D eigenvalue weighted by Gasteiger charge is 2.27. The van der Waals surface area contributed by atoms with E-state index in [2.05, 4.69) is 29.1 Å². The lowest BCUT2D eigenvalue weighted by Crippen LogP contribution is -2.38. The Kier molecular flexibility index (Phi) is 7.35. The fraction of sp³-hybridized carbons (Fsp3) is 0.379. The van der Waals surface area contributed by atoms with E-state index in [0.29, 0.717) is 18.2 Å². The van der Waals surface area contributed by atoms with Gasteiger partial charge in [-0.05, 0) is 74.4 Å². The molecule has 1 aliphatic rings. The lowest BCUT2D eigenvalue weighted by atomic mass is 9.91. The summed E-state index contributed by atoms with van der Waals surface area (Å²) < 4.78 is 7.95. The van der Waals surface area contributed by atoms with Gasteiger partial charge in [0.05, 0.1) is 11.4 Å². The van der Waals surface area contributed by atoms with Gasteiger partial charge in [0.1, 0.15) is 29.3 Å². The fourth-order valence-electron chi connectivity index (χ4n) is 4.94. The van der Waals surface area contributed by atoms with Crippen LogP contribution in [-0.2, 0) is 4.79 Å². The number of carbonyl (C=O) groups is 1. The van der Waals surface area contributed by atoms with E-state index in [9.17, 15) is 4.79 Å². The standard InChI is InChI=1S/C29H34N6O2/c1-19(2)8-17-25(36)33-21-11-13-22(14-12-21)35-29-26(28(30)31-18-32-29)27(34-35)20-9-15-24(16-10-20)37-23-6-4-3-5-7-23/h3-7,9-10,15-16,18-19,21-22H,8,11-14,17H2,1-2H3,(H,33,36)(H2,30,31,32)/t21-,22-. The topological polar surface area (TPSA) is 108 Å². The van der Waals surface area contributed by atoms with Crippen LogP contribution in [0.1, 0.15) is 58.4 Å². The third kappa shape index (κ3) is 5.74. The Morgan fingerprint density at radius 1 is 1.03 bits per heavy atom. The van der Waals surface area contributed by atoms with Crippen molar-refractivity contribution in [2.75, 3.05) is 5.73 Å². The van der Waals surface area contributed by atoms with E-state index in [1.807, 2.05) is 59.3 Å². The number of nitrogens with one attached hydrogen (secondary N) is 1. The summed E-state index contributed by atoms with van der Waals surface area (Å²) in [6.07, 6.45) is 6.68.